The van der Waals surface area contributed by atoms with E-state index in [1.165, 1.54) is 5.56 Å². The lowest BCUT2D eigenvalue weighted by atomic mass is 10.0. The number of likely N-dealkylation sites (tertiary alicyclic amines) is 1. The molecule has 0 atom stereocenters. The first kappa shape index (κ1) is 17.4. The summed E-state index contributed by atoms with van der Waals surface area (Å²) in [6.45, 7) is 2.98. The van der Waals surface area contributed by atoms with Crippen LogP contribution in [0.25, 0.3) is 0 Å². The van der Waals surface area contributed by atoms with Gasteiger partial charge in [-0.05, 0) is 48.6 Å². The Balaban J connectivity index is 1.38. The van der Waals surface area contributed by atoms with Crippen molar-refractivity contribution in [3.05, 3.63) is 59.9 Å². The number of nitrogen functional groups attached to an aromatic ring is 1. The second kappa shape index (κ2) is 8.62. The largest absolute Gasteiger partial charge is 0.399 e. The van der Waals surface area contributed by atoms with E-state index in [0.717, 1.165) is 43.7 Å². The van der Waals surface area contributed by atoms with Crippen LogP contribution in [0.15, 0.2) is 48.8 Å². The van der Waals surface area contributed by atoms with Crippen LogP contribution >= 0.6 is 0 Å². The molecule has 0 radical (unpaired) electrons. The molecule has 0 aliphatic carbocycles. The number of hydrogen-bond acceptors (Lipinski definition) is 4. The van der Waals surface area contributed by atoms with E-state index in [1.807, 2.05) is 36.7 Å². The molecule has 1 amide bonds. The third-order valence-corrected chi connectivity index (χ3v) is 4.78. The number of anilines is 1. The first-order chi connectivity index (χ1) is 12.2. The van der Waals surface area contributed by atoms with E-state index < -0.39 is 0 Å². The van der Waals surface area contributed by atoms with Gasteiger partial charge < -0.3 is 11.1 Å². The van der Waals surface area contributed by atoms with Crippen molar-refractivity contribution in [3.8, 4) is 0 Å². The number of amides is 1. The number of nitrogens with one attached hydrogen (secondary N) is 1. The fraction of sp³-hybridized carbons (Fsp3) is 0.400. The fourth-order valence-electron chi connectivity index (χ4n) is 3.29. The number of hydrogen-bond donors (Lipinski definition) is 2. The first-order valence-electron chi connectivity index (χ1n) is 8.95. The molecule has 0 spiro atoms. The molecule has 2 aromatic rings. The third-order valence-electron chi connectivity index (χ3n) is 4.78. The Morgan fingerprint density at radius 1 is 1.16 bits per heavy atom. The highest BCUT2D eigenvalue weighted by molar-refractivity contribution is 5.76. The molecule has 0 bridgehead atoms. The van der Waals surface area contributed by atoms with Gasteiger partial charge in [0.2, 0.25) is 5.91 Å². The van der Waals surface area contributed by atoms with Crippen LogP contribution in [-0.4, -0.2) is 34.9 Å². The summed E-state index contributed by atoms with van der Waals surface area (Å²) in [5.41, 5.74) is 9.03. The molecule has 1 fully saturated rings. The maximum Gasteiger partial charge on any atom is 0.220 e. The Kier molecular flexibility index (Phi) is 6.01. The van der Waals surface area contributed by atoms with Gasteiger partial charge in [-0.1, -0.05) is 18.2 Å². The number of pyridine rings is 1. The summed E-state index contributed by atoms with van der Waals surface area (Å²) in [6.07, 6.45) is 6.86. The molecular formula is C20H26N4O. The number of nitrogens with zero attached hydrogens (tertiary/aromatic N) is 2. The van der Waals surface area contributed by atoms with E-state index >= 15 is 0 Å². The number of aryl methyl sites for hydroxylation is 1. The molecule has 0 saturated carbocycles. The van der Waals surface area contributed by atoms with Crippen LogP contribution < -0.4 is 11.1 Å². The average Bonchev–Trinajstić information content (AvgIpc) is 2.64. The van der Waals surface area contributed by atoms with Gasteiger partial charge in [0.25, 0.3) is 0 Å². The summed E-state index contributed by atoms with van der Waals surface area (Å²) in [6, 6.07) is 12.1. The van der Waals surface area contributed by atoms with Crippen LogP contribution in [0, 0.1) is 0 Å². The molecular weight excluding hydrogens is 312 g/mol. The lowest BCUT2D eigenvalue weighted by Gasteiger charge is -2.32. The summed E-state index contributed by atoms with van der Waals surface area (Å²) >= 11 is 0. The number of nitrogens with two attached hydrogens (primary N) is 1. The van der Waals surface area contributed by atoms with Gasteiger partial charge in [-0.25, -0.2) is 0 Å². The van der Waals surface area contributed by atoms with Crippen LogP contribution in [0.3, 0.4) is 0 Å². The second-order valence-corrected chi connectivity index (χ2v) is 6.67. The van der Waals surface area contributed by atoms with Gasteiger partial charge in [0.05, 0.1) is 0 Å². The molecule has 3 rings (SSSR count). The maximum atomic E-state index is 12.2. The van der Waals surface area contributed by atoms with Crippen molar-refractivity contribution < 1.29 is 4.79 Å². The minimum absolute atomic E-state index is 0.121. The molecule has 1 aromatic heterocycles. The van der Waals surface area contributed by atoms with E-state index in [9.17, 15) is 4.79 Å². The lowest BCUT2D eigenvalue weighted by molar-refractivity contribution is -0.122. The quantitative estimate of drug-likeness (QED) is 0.793. The standard InChI is InChI=1S/C20H26N4O/c21-19-4-2-1-3-17(19)5-6-20(25)23-18-9-13-24(14-10-18)15-16-7-11-22-12-8-16/h1-4,7-8,11-12,18H,5-6,9-10,13-15,21H2,(H,23,25). The minimum Gasteiger partial charge on any atom is -0.399 e. The molecule has 1 saturated heterocycles. The van der Waals surface area contributed by atoms with Crippen molar-refractivity contribution in [1.29, 1.82) is 0 Å². The highest BCUT2D eigenvalue weighted by Crippen LogP contribution is 2.15. The van der Waals surface area contributed by atoms with Crippen LogP contribution in [0.1, 0.15) is 30.4 Å². The number of benzene rings is 1. The number of carbonyl (C=O) groups excluding carboxylic acids is 1. The lowest BCUT2D eigenvalue weighted by Crippen LogP contribution is -2.44. The Labute approximate surface area is 149 Å². The molecule has 0 unspecified atom stereocenters. The number of piperidine rings is 1. The minimum atomic E-state index is 0.121. The molecule has 1 aliphatic rings. The van der Waals surface area contributed by atoms with Crippen LogP contribution in [0.4, 0.5) is 5.69 Å². The Morgan fingerprint density at radius 2 is 1.88 bits per heavy atom. The Morgan fingerprint density at radius 3 is 2.60 bits per heavy atom. The van der Waals surface area contributed by atoms with Gasteiger partial charge in [0.1, 0.15) is 0 Å². The topological polar surface area (TPSA) is 71.2 Å². The summed E-state index contributed by atoms with van der Waals surface area (Å²) in [4.78, 5) is 18.7. The van der Waals surface area contributed by atoms with Crippen molar-refractivity contribution in [2.24, 2.45) is 0 Å². The van der Waals surface area contributed by atoms with Gasteiger partial charge in [-0.3, -0.25) is 14.7 Å². The fourth-order valence-corrected chi connectivity index (χ4v) is 3.29. The third kappa shape index (κ3) is 5.29. The molecule has 3 N–H and O–H groups in total. The number of carbonyl (C=O) groups is 1. The molecule has 1 aromatic carbocycles. The maximum absolute atomic E-state index is 12.2. The smallest absolute Gasteiger partial charge is 0.220 e. The Bertz CT molecular complexity index is 681. The summed E-state index contributed by atoms with van der Waals surface area (Å²) in [5, 5.41) is 3.18. The van der Waals surface area contributed by atoms with Crippen molar-refractivity contribution in [2.45, 2.75) is 38.3 Å². The normalized spacial score (nSPS) is 15.8. The van der Waals surface area contributed by atoms with Crippen molar-refractivity contribution in [2.75, 3.05) is 18.8 Å². The van der Waals surface area contributed by atoms with Gasteiger partial charge >= 0.3 is 0 Å². The zero-order chi connectivity index (χ0) is 17.5. The van der Waals surface area contributed by atoms with Crippen LogP contribution in [0.2, 0.25) is 0 Å². The van der Waals surface area contributed by atoms with Crippen molar-refractivity contribution in [1.82, 2.24) is 15.2 Å². The molecule has 132 valence electrons. The van der Waals surface area contributed by atoms with Gasteiger partial charge in [0, 0.05) is 50.2 Å². The average molecular weight is 338 g/mol. The van der Waals surface area contributed by atoms with Gasteiger partial charge in [0.15, 0.2) is 0 Å². The van der Waals surface area contributed by atoms with Gasteiger partial charge in [-0.2, -0.15) is 0 Å². The SMILES string of the molecule is Nc1ccccc1CCC(=O)NC1CCN(Cc2ccncc2)CC1. The number of aromatic nitrogens is 1. The number of para-hydroxylation sites is 1. The van der Waals surface area contributed by atoms with Crippen molar-refractivity contribution >= 4 is 11.6 Å². The van der Waals surface area contributed by atoms with Gasteiger partial charge in [-0.15, -0.1) is 0 Å². The second-order valence-electron chi connectivity index (χ2n) is 6.67. The zero-order valence-corrected chi connectivity index (χ0v) is 14.5. The monoisotopic (exact) mass is 338 g/mol. The summed E-state index contributed by atoms with van der Waals surface area (Å²) in [5.74, 6) is 0.121. The van der Waals surface area contributed by atoms with Crippen LogP contribution in [0.5, 0.6) is 0 Å². The predicted molar refractivity (Wildman–Crippen MR) is 99.9 cm³/mol. The van der Waals surface area contributed by atoms with E-state index in [0.29, 0.717) is 12.8 Å². The van der Waals surface area contributed by atoms with Crippen molar-refractivity contribution in [3.63, 3.8) is 0 Å². The molecule has 1 aliphatic heterocycles. The van der Waals surface area contributed by atoms with E-state index in [2.05, 4.69) is 27.3 Å². The molecule has 5 nitrogen and oxygen atoms in total. The highest BCUT2D eigenvalue weighted by atomic mass is 16.1. The van der Waals surface area contributed by atoms with E-state index in [4.69, 9.17) is 5.73 Å². The molecule has 5 heteroatoms. The van der Waals surface area contributed by atoms with E-state index in [1.54, 1.807) is 0 Å². The predicted octanol–water partition coefficient (Wildman–Crippen LogP) is 2.38. The Hall–Kier alpha value is -2.40. The molecule has 25 heavy (non-hydrogen) atoms. The zero-order valence-electron chi connectivity index (χ0n) is 14.5. The highest BCUT2D eigenvalue weighted by Gasteiger charge is 2.20. The first-order valence-corrected chi connectivity index (χ1v) is 8.95. The number of rotatable bonds is 6. The summed E-state index contributed by atoms with van der Waals surface area (Å²) < 4.78 is 0. The molecule has 2 heterocycles. The van der Waals surface area contributed by atoms with Crippen LogP contribution in [-0.2, 0) is 17.8 Å². The van der Waals surface area contributed by atoms with E-state index in [-0.39, 0.29) is 11.9 Å². The summed E-state index contributed by atoms with van der Waals surface area (Å²) in [7, 11) is 0.